The number of hydrogen-bond donors (Lipinski definition) is 1. The van der Waals surface area contributed by atoms with Crippen molar-refractivity contribution in [2.45, 2.75) is 18.2 Å². The van der Waals surface area contributed by atoms with Gasteiger partial charge in [-0.25, -0.2) is 8.42 Å². The molecule has 0 atom stereocenters. The van der Waals surface area contributed by atoms with E-state index in [0.29, 0.717) is 18.7 Å². The molecule has 0 saturated heterocycles. The molecule has 2 aromatic rings. The fourth-order valence-corrected chi connectivity index (χ4v) is 3.19. The van der Waals surface area contributed by atoms with Crippen LogP contribution in [-0.2, 0) is 21.2 Å². The van der Waals surface area contributed by atoms with Gasteiger partial charge in [0.15, 0.2) is 0 Å². The maximum absolute atomic E-state index is 12.5. The van der Waals surface area contributed by atoms with Crippen LogP contribution >= 0.6 is 0 Å². The largest absolute Gasteiger partial charge is 0.381 e. The van der Waals surface area contributed by atoms with E-state index < -0.39 is 10.0 Å². The molecule has 2 aromatic carbocycles. The monoisotopic (exact) mass is 331 g/mol. The van der Waals surface area contributed by atoms with Crippen molar-refractivity contribution in [2.24, 2.45) is 0 Å². The van der Waals surface area contributed by atoms with Gasteiger partial charge in [0.25, 0.3) is 10.0 Å². The van der Waals surface area contributed by atoms with E-state index in [9.17, 15) is 8.42 Å². The molecule has 1 N–H and O–H groups in total. The average molecular weight is 331 g/mol. The van der Waals surface area contributed by atoms with Gasteiger partial charge < -0.3 is 4.74 Å². The van der Waals surface area contributed by atoms with Crippen LogP contribution in [0.1, 0.15) is 11.1 Å². The topological polar surface area (TPSA) is 55.4 Å². The zero-order chi connectivity index (χ0) is 16.7. The number of para-hydroxylation sites is 1. The summed E-state index contributed by atoms with van der Waals surface area (Å²) in [6, 6.07) is 14.2. The van der Waals surface area contributed by atoms with Crippen molar-refractivity contribution in [2.75, 3.05) is 18.4 Å². The molecule has 0 aromatic heterocycles. The van der Waals surface area contributed by atoms with Gasteiger partial charge in [-0.15, -0.1) is 0 Å². The number of ether oxygens (including phenoxy) is 1. The van der Waals surface area contributed by atoms with Crippen molar-refractivity contribution < 1.29 is 13.2 Å². The van der Waals surface area contributed by atoms with Crippen LogP contribution in [0.2, 0.25) is 0 Å². The minimum atomic E-state index is -3.59. The second-order valence-electron chi connectivity index (χ2n) is 5.21. The van der Waals surface area contributed by atoms with E-state index in [1.807, 2.05) is 37.3 Å². The van der Waals surface area contributed by atoms with Crippen molar-refractivity contribution in [3.05, 3.63) is 71.8 Å². The van der Waals surface area contributed by atoms with Crippen molar-refractivity contribution in [3.63, 3.8) is 0 Å². The second-order valence-corrected chi connectivity index (χ2v) is 6.89. The van der Waals surface area contributed by atoms with E-state index in [1.54, 1.807) is 37.4 Å². The highest BCUT2D eigenvalue weighted by molar-refractivity contribution is 7.92. The van der Waals surface area contributed by atoms with E-state index in [-0.39, 0.29) is 4.90 Å². The number of methoxy groups -OCH3 is 1. The van der Waals surface area contributed by atoms with Gasteiger partial charge in [0.1, 0.15) is 0 Å². The van der Waals surface area contributed by atoms with Crippen molar-refractivity contribution >= 4 is 15.7 Å². The lowest BCUT2D eigenvalue weighted by Crippen LogP contribution is -2.14. The molecule has 4 nitrogen and oxygen atoms in total. The zero-order valence-electron chi connectivity index (χ0n) is 13.3. The van der Waals surface area contributed by atoms with Crippen LogP contribution in [0.5, 0.6) is 0 Å². The van der Waals surface area contributed by atoms with Crippen LogP contribution in [0.25, 0.3) is 0 Å². The average Bonchev–Trinajstić information content (AvgIpc) is 2.53. The van der Waals surface area contributed by atoms with E-state index in [0.717, 1.165) is 11.1 Å². The number of benzene rings is 2. The molecule has 23 heavy (non-hydrogen) atoms. The fourth-order valence-electron chi connectivity index (χ4n) is 2.09. The minimum Gasteiger partial charge on any atom is -0.381 e. The van der Waals surface area contributed by atoms with Gasteiger partial charge in [-0.2, -0.15) is 0 Å². The summed E-state index contributed by atoms with van der Waals surface area (Å²) in [6.07, 6.45) is 4.50. The zero-order valence-corrected chi connectivity index (χ0v) is 14.1. The maximum atomic E-state index is 12.5. The number of anilines is 1. The third-order valence-corrected chi connectivity index (χ3v) is 4.74. The molecule has 0 aliphatic carbocycles. The number of allylic oxidation sites excluding steroid dienone is 1. The summed E-state index contributed by atoms with van der Waals surface area (Å²) in [6.45, 7) is 2.46. The molecular weight excluding hydrogens is 310 g/mol. The Morgan fingerprint density at radius 2 is 1.74 bits per heavy atom. The molecule has 0 saturated carbocycles. The Balaban J connectivity index is 2.20. The summed E-state index contributed by atoms with van der Waals surface area (Å²) < 4.78 is 32.6. The summed E-state index contributed by atoms with van der Waals surface area (Å²) in [5.41, 5.74) is 2.53. The van der Waals surface area contributed by atoms with Gasteiger partial charge in [0.05, 0.1) is 17.2 Å². The van der Waals surface area contributed by atoms with Crippen LogP contribution in [0, 0.1) is 6.92 Å². The molecule has 0 aliphatic heterocycles. The van der Waals surface area contributed by atoms with E-state index in [1.165, 1.54) is 0 Å². The Labute approximate surface area is 137 Å². The standard InChI is InChI=1S/C18H21NO3S/c1-15-10-12-17(13-11-15)23(20,21)19-18-9-4-3-7-16(18)8-5-6-14-22-2/h3-7,9-13,19H,8,14H2,1-2H3/b6-5+. The van der Waals surface area contributed by atoms with Crippen LogP contribution in [0.4, 0.5) is 5.69 Å². The lowest BCUT2D eigenvalue weighted by molar-refractivity contribution is 0.233. The molecule has 0 fully saturated rings. The molecule has 0 heterocycles. The van der Waals surface area contributed by atoms with Crippen LogP contribution in [0.3, 0.4) is 0 Å². The minimum absolute atomic E-state index is 0.257. The summed E-state index contributed by atoms with van der Waals surface area (Å²) >= 11 is 0. The highest BCUT2D eigenvalue weighted by Gasteiger charge is 2.15. The number of nitrogens with one attached hydrogen (secondary N) is 1. The molecule has 0 unspecified atom stereocenters. The second kappa shape index (κ2) is 7.94. The molecule has 0 bridgehead atoms. The Morgan fingerprint density at radius 1 is 1.04 bits per heavy atom. The number of aryl methyl sites for hydroxylation is 1. The van der Waals surface area contributed by atoms with Crippen LogP contribution < -0.4 is 4.72 Å². The van der Waals surface area contributed by atoms with Gasteiger partial charge >= 0.3 is 0 Å². The SMILES string of the molecule is COC/C=C/Cc1ccccc1NS(=O)(=O)c1ccc(C)cc1. The number of sulfonamides is 1. The van der Waals surface area contributed by atoms with Gasteiger partial charge in [0, 0.05) is 7.11 Å². The van der Waals surface area contributed by atoms with Gasteiger partial charge in [-0.05, 0) is 37.1 Å². The summed E-state index contributed by atoms with van der Waals surface area (Å²) in [5.74, 6) is 0. The summed E-state index contributed by atoms with van der Waals surface area (Å²) in [7, 11) is -1.95. The molecular formula is C18H21NO3S. The predicted molar refractivity (Wildman–Crippen MR) is 93.1 cm³/mol. The molecule has 0 aliphatic rings. The van der Waals surface area contributed by atoms with Crippen LogP contribution in [0.15, 0.2) is 65.6 Å². The highest BCUT2D eigenvalue weighted by Crippen LogP contribution is 2.21. The normalized spacial score (nSPS) is 11.7. The van der Waals surface area contributed by atoms with Gasteiger partial charge in [-0.3, -0.25) is 4.72 Å². The van der Waals surface area contributed by atoms with Crippen molar-refractivity contribution in [1.82, 2.24) is 0 Å². The molecule has 122 valence electrons. The maximum Gasteiger partial charge on any atom is 0.261 e. The highest BCUT2D eigenvalue weighted by atomic mass is 32.2. The Kier molecular flexibility index (Phi) is 5.96. The van der Waals surface area contributed by atoms with Gasteiger partial charge in [-0.1, -0.05) is 48.0 Å². The lowest BCUT2D eigenvalue weighted by atomic mass is 10.1. The molecule has 0 radical (unpaired) electrons. The first-order valence-electron chi connectivity index (χ1n) is 7.34. The Bertz CT molecular complexity index is 765. The lowest BCUT2D eigenvalue weighted by Gasteiger charge is -2.12. The summed E-state index contributed by atoms with van der Waals surface area (Å²) in [4.78, 5) is 0.257. The Morgan fingerprint density at radius 3 is 2.43 bits per heavy atom. The van der Waals surface area contributed by atoms with E-state index >= 15 is 0 Å². The molecule has 5 heteroatoms. The fraction of sp³-hybridized carbons (Fsp3) is 0.222. The molecule has 0 amide bonds. The van der Waals surface area contributed by atoms with Crippen LogP contribution in [-0.4, -0.2) is 22.1 Å². The number of rotatable bonds is 7. The van der Waals surface area contributed by atoms with E-state index in [4.69, 9.17) is 4.74 Å². The molecule has 0 spiro atoms. The first kappa shape index (κ1) is 17.2. The first-order valence-corrected chi connectivity index (χ1v) is 8.82. The van der Waals surface area contributed by atoms with Gasteiger partial charge in [0.2, 0.25) is 0 Å². The quantitative estimate of drug-likeness (QED) is 0.790. The Hall–Kier alpha value is -2.11. The third-order valence-electron chi connectivity index (χ3n) is 3.36. The number of hydrogen-bond acceptors (Lipinski definition) is 3. The summed E-state index contributed by atoms with van der Waals surface area (Å²) in [5, 5.41) is 0. The first-order chi connectivity index (χ1) is 11.0. The predicted octanol–water partition coefficient (Wildman–Crippen LogP) is 3.54. The van der Waals surface area contributed by atoms with Crippen molar-refractivity contribution in [1.29, 1.82) is 0 Å². The third kappa shape index (κ3) is 4.94. The van der Waals surface area contributed by atoms with E-state index in [2.05, 4.69) is 4.72 Å². The van der Waals surface area contributed by atoms with Crippen molar-refractivity contribution in [3.8, 4) is 0 Å². The smallest absolute Gasteiger partial charge is 0.261 e. The molecule has 2 rings (SSSR count).